The van der Waals surface area contributed by atoms with E-state index < -0.39 is 5.54 Å². The third-order valence-corrected chi connectivity index (χ3v) is 5.88. The van der Waals surface area contributed by atoms with Gasteiger partial charge in [-0.2, -0.15) is 5.10 Å². The van der Waals surface area contributed by atoms with Gasteiger partial charge in [-0.25, -0.2) is 4.68 Å². The summed E-state index contributed by atoms with van der Waals surface area (Å²) in [6, 6.07) is 37.4. The molecule has 32 heavy (non-hydrogen) atoms. The Labute approximate surface area is 187 Å². The van der Waals surface area contributed by atoms with Crippen LogP contribution in [0.1, 0.15) is 23.6 Å². The summed E-state index contributed by atoms with van der Waals surface area (Å²) in [5.41, 5.74) is 10.1. The molecule has 0 saturated heterocycles. The molecule has 0 aliphatic heterocycles. The standard InChI is InChI=1S/C28H25N3O/c1-2-32-24-18-19-26-25(20-24)27(29)30-31(26)28(21-12-6-3-7-13-21,22-14-8-4-9-15-22)23-16-10-5-11-17-23/h3-20H,2H2,1H3,(H2,29,30). The van der Waals surface area contributed by atoms with E-state index in [2.05, 4.69) is 77.5 Å². The maximum absolute atomic E-state index is 6.49. The Kier molecular flexibility index (Phi) is 5.12. The summed E-state index contributed by atoms with van der Waals surface area (Å²) in [4.78, 5) is 0. The van der Waals surface area contributed by atoms with Gasteiger partial charge in [0.25, 0.3) is 0 Å². The average Bonchev–Trinajstić information content (AvgIpc) is 3.18. The smallest absolute Gasteiger partial charge is 0.153 e. The van der Waals surface area contributed by atoms with Gasteiger partial charge in [-0.3, -0.25) is 0 Å². The maximum Gasteiger partial charge on any atom is 0.153 e. The zero-order valence-corrected chi connectivity index (χ0v) is 18.0. The van der Waals surface area contributed by atoms with E-state index >= 15 is 0 Å². The summed E-state index contributed by atoms with van der Waals surface area (Å²) in [5.74, 6) is 1.27. The van der Waals surface area contributed by atoms with E-state index in [1.807, 2.05) is 43.3 Å². The third kappa shape index (κ3) is 3.12. The molecule has 4 nitrogen and oxygen atoms in total. The molecular weight excluding hydrogens is 394 g/mol. The van der Waals surface area contributed by atoms with Crippen LogP contribution in [0.4, 0.5) is 5.82 Å². The van der Waals surface area contributed by atoms with Gasteiger partial charge in [-0.15, -0.1) is 0 Å². The topological polar surface area (TPSA) is 53.1 Å². The highest BCUT2D eigenvalue weighted by molar-refractivity contribution is 5.91. The summed E-state index contributed by atoms with van der Waals surface area (Å²) in [6.45, 7) is 2.57. The van der Waals surface area contributed by atoms with Crippen LogP contribution in [0.5, 0.6) is 5.75 Å². The molecule has 0 unspecified atom stereocenters. The van der Waals surface area contributed by atoms with E-state index in [-0.39, 0.29) is 0 Å². The normalized spacial score (nSPS) is 11.5. The van der Waals surface area contributed by atoms with Crippen molar-refractivity contribution in [3.05, 3.63) is 126 Å². The first-order chi connectivity index (χ1) is 15.7. The number of nitrogen functional groups attached to an aromatic ring is 1. The lowest BCUT2D eigenvalue weighted by atomic mass is 9.77. The van der Waals surface area contributed by atoms with Crippen molar-refractivity contribution in [1.82, 2.24) is 9.78 Å². The van der Waals surface area contributed by atoms with Crippen molar-refractivity contribution in [3.63, 3.8) is 0 Å². The van der Waals surface area contributed by atoms with E-state index in [9.17, 15) is 0 Å². The van der Waals surface area contributed by atoms with Crippen LogP contribution in [0, 0.1) is 0 Å². The van der Waals surface area contributed by atoms with Crippen LogP contribution >= 0.6 is 0 Å². The van der Waals surface area contributed by atoms with Gasteiger partial charge in [0.15, 0.2) is 5.82 Å². The number of hydrogen-bond donors (Lipinski definition) is 1. The minimum absolute atomic E-state index is 0.480. The van der Waals surface area contributed by atoms with Crippen molar-refractivity contribution in [2.24, 2.45) is 0 Å². The number of nitrogens with zero attached hydrogens (tertiary/aromatic N) is 2. The highest BCUT2D eigenvalue weighted by atomic mass is 16.5. The molecule has 5 aromatic rings. The minimum Gasteiger partial charge on any atom is -0.494 e. The van der Waals surface area contributed by atoms with Gasteiger partial charge < -0.3 is 10.5 Å². The van der Waals surface area contributed by atoms with Crippen molar-refractivity contribution in [3.8, 4) is 5.75 Å². The molecule has 1 aromatic heterocycles. The summed E-state index contributed by atoms with van der Waals surface area (Å²) in [5, 5.41) is 5.81. The Hall–Kier alpha value is -4.05. The number of nitrogens with two attached hydrogens (primary N) is 1. The largest absolute Gasteiger partial charge is 0.494 e. The second-order valence-electron chi connectivity index (χ2n) is 7.72. The van der Waals surface area contributed by atoms with E-state index in [0.29, 0.717) is 12.4 Å². The third-order valence-electron chi connectivity index (χ3n) is 5.88. The summed E-state index contributed by atoms with van der Waals surface area (Å²) in [7, 11) is 0. The Morgan fingerprint density at radius 2 is 1.25 bits per heavy atom. The van der Waals surface area contributed by atoms with Crippen LogP contribution in [0.15, 0.2) is 109 Å². The molecule has 0 spiro atoms. The molecule has 0 amide bonds. The zero-order chi connectivity index (χ0) is 22.0. The molecule has 1 heterocycles. The van der Waals surface area contributed by atoms with Crippen LogP contribution in [0.25, 0.3) is 10.9 Å². The Morgan fingerprint density at radius 3 is 1.72 bits per heavy atom. The SMILES string of the molecule is CCOc1ccc2c(c1)c(N)nn2C(c1ccccc1)(c1ccccc1)c1ccccc1. The van der Waals surface area contributed by atoms with Crippen LogP contribution in [0.3, 0.4) is 0 Å². The number of ether oxygens (including phenoxy) is 1. The van der Waals surface area contributed by atoms with Gasteiger partial charge in [-0.1, -0.05) is 91.0 Å². The summed E-state index contributed by atoms with van der Waals surface area (Å²) in [6.07, 6.45) is 0. The average molecular weight is 420 g/mol. The predicted molar refractivity (Wildman–Crippen MR) is 130 cm³/mol. The Balaban J connectivity index is 1.92. The number of anilines is 1. The molecule has 0 aliphatic carbocycles. The van der Waals surface area contributed by atoms with Crippen molar-refractivity contribution >= 4 is 16.7 Å². The van der Waals surface area contributed by atoms with Crippen molar-refractivity contribution in [2.75, 3.05) is 12.3 Å². The van der Waals surface area contributed by atoms with Gasteiger partial charge in [0.1, 0.15) is 11.3 Å². The lowest BCUT2D eigenvalue weighted by Crippen LogP contribution is -2.38. The molecule has 0 fully saturated rings. The van der Waals surface area contributed by atoms with E-state index in [4.69, 9.17) is 15.6 Å². The van der Waals surface area contributed by atoms with Crippen molar-refractivity contribution in [2.45, 2.75) is 12.5 Å². The fourth-order valence-electron chi connectivity index (χ4n) is 4.54. The van der Waals surface area contributed by atoms with Crippen molar-refractivity contribution in [1.29, 1.82) is 0 Å². The lowest BCUT2D eigenvalue weighted by Gasteiger charge is -2.37. The number of hydrogen-bond acceptors (Lipinski definition) is 3. The van der Waals surface area contributed by atoms with Gasteiger partial charge in [-0.05, 0) is 41.8 Å². The molecule has 0 aliphatic rings. The quantitative estimate of drug-likeness (QED) is 0.351. The molecule has 2 N–H and O–H groups in total. The highest BCUT2D eigenvalue weighted by Crippen LogP contribution is 2.43. The molecule has 4 heteroatoms. The summed E-state index contributed by atoms with van der Waals surface area (Å²) >= 11 is 0. The number of aromatic nitrogens is 2. The van der Waals surface area contributed by atoms with E-state index in [1.54, 1.807) is 0 Å². The Morgan fingerprint density at radius 1 is 0.750 bits per heavy atom. The second kappa shape index (κ2) is 8.23. The molecule has 5 rings (SSSR count). The van der Waals surface area contributed by atoms with E-state index in [0.717, 1.165) is 33.3 Å². The first-order valence-corrected chi connectivity index (χ1v) is 10.8. The molecule has 0 atom stereocenters. The van der Waals surface area contributed by atoms with Crippen LogP contribution in [0.2, 0.25) is 0 Å². The van der Waals surface area contributed by atoms with E-state index in [1.165, 1.54) is 0 Å². The molecule has 4 aromatic carbocycles. The van der Waals surface area contributed by atoms with Crippen LogP contribution < -0.4 is 10.5 Å². The number of fused-ring (bicyclic) bond motifs is 1. The van der Waals surface area contributed by atoms with Crippen LogP contribution in [-0.4, -0.2) is 16.4 Å². The lowest BCUT2D eigenvalue weighted by molar-refractivity contribution is 0.340. The number of rotatable bonds is 6. The monoisotopic (exact) mass is 419 g/mol. The highest BCUT2D eigenvalue weighted by Gasteiger charge is 2.40. The molecular formula is C28H25N3O. The predicted octanol–water partition coefficient (Wildman–Crippen LogP) is 5.86. The Bertz CT molecular complexity index is 1230. The second-order valence-corrected chi connectivity index (χ2v) is 7.72. The fourth-order valence-corrected chi connectivity index (χ4v) is 4.54. The van der Waals surface area contributed by atoms with Gasteiger partial charge in [0.2, 0.25) is 0 Å². The number of benzene rings is 4. The van der Waals surface area contributed by atoms with Crippen molar-refractivity contribution < 1.29 is 4.74 Å². The van der Waals surface area contributed by atoms with Crippen LogP contribution in [-0.2, 0) is 5.54 Å². The fraction of sp³-hybridized carbons (Fsp3) is 0.107. The van der Waals surface area contributed by atoms with Gasteiger partial charge >= 0.3 is 0 Å². The maximum atomic E-state index is 6.49. The summed E-state index contributed by atoms with van der Waals surface area (Å²) < 4.78 is 7.79. The first-order valence-electron chi connectivity index (χ1n) is 10.8. The van der Waals surface area contributed by atoms with Gasteiger partial charge in [0, 0.05) is 5.39 Å². The van der Waals surface area contributed by atoms with Gasteiger partial charge in [0.05, 0.1) is 12.1 Å². The zero-order valence-electron chi connectivity index (χ0n) is 18.0. The minimum atomic E-state index is -0.702. The molecule has 158 valence electrons. The first kappa shape index (κ1) is 19.9. The molecule has 0 saturated carbocycles. The molecule has 0 bridgehead atoms. The molecule has 0 radical (unpaired) electrons.